The zero-order chi connectivity index (χ0) is 12.9. The van der Waals surface area contributed by atoms with Crippen molar-refractivity contribution < 1.29 is 14.3 Å². The molecule has 0 aromatic rings. The maximum atomic E-state index is 11.8. The van der Waals surface area contributed by atoms with Crippen LogP contribution < -0.4 is 5.32 Å². The van der Waals surface area contributed by atoms with Crippen molar-refractivity contribution in [3.63, 3.8) is 0 Å². The van der Waals surface area contributed by atoms with E-state index in [1.807, 2.05) is 20.8 Å². The van der Waals surface area contributed by atoms with Crippen LogP contribution in [-0.2, 0) is 9.47 Å². The van der Waals surface area contributed by atoms with Gasteiger partial charge in [-0.3, -0.25) is 0 Å². The molecule has 4 nitrogen and oxygen atoms in total. The molecule has 1 heterocycles. The summed E-state index contributed by atoms with van der Waals surface area (Å²) in [4.78, 5) is 11.8. The number of nitrogens with one attached hydrogen (secondary N) is 1. The normalized spacial score (nSPS) is 24.7. The molecule has 0 bridgehead atoms. The van der Waals surface area contributed by atoms with Gasteiger partial charge in [-0.25, -0.2) is 4.79 Å². The third-order valence-corrected chi connectivity index (χ3v) is 3.22. The van der Waals surface area contributed by atoms with Crippen LogP contribution in [0.15, 0.2) is 0 Å². The third-order valence-electron chi connectivity index (χ3n) is 2.66. The van der Waals surface area contributed by atoms with E-state index in [0.29, 0.717) is 13.2 Å². The van der Waals surface area contributed by atoms with Gasteiger partial charge in [-0.1, -0.05) is 15.9 Å². The van der Waals surface area contributed by atoms with Gasteiger partial charge in [0.05, 0.1) is 12.1 Å². The Morgan fingerprint density at radius 2 is 2.24 bits per heavy atom. The van der Waals surface area contributed by atoms with Crippen LogP contribution in [0.3, 0.4) is 0 Å². The molecular formula is C12H22BrNO3. The van der Waals surface area contributed by atoms with Gasteiger partial charge < -0.3 is 14.8 Å². The Labute approximate surface area is 112 Å². The van der Waals surface area contributed by atoms with Gasteiger partial charge in [0, 0.05) is 11.9 Å². The maximum absolute atomic E-state index is 11.8. The molecule has 0 aromatic carbocycles. The molecule has 1 unspecified atom stereocenters. The van der Waals surface area contributed by atoms with Crippen LogP contribution in [0.2, 0.25) is 0 Å². The van der Waals surface area contributed by atoms with Crippen LogP contribution in [0.5, 0.6) is 0 Å². The average Bonchev–Trinajstić information content (AvgIpc) is 2.60. The first-order valence-electron chi connectivity index (χ1n) is 6.02. The molecule has 1 rings (SSSR count). The summed E-state index contributed by atoms with van der Waals surface area (Å²) in [6, 6.07) is 0. The zero-order valence-electron chi connectivity index (χ0n) is 10.8. The number of ether oxygens (including phenoxy) is 2. The molecule has 5 heteroatoms. The lowest BCUT2D eigenvalue weighted by molar-refractivity contribution is 0.0433. The van der Waals surface area contributed by atoms with Crippen molar-refractivity contribution in [3.8, 4) is 0 Å². The monoisotopic (exact) mass is 307 g/mol. The van der Waals surface area contributed by atoms with Crippen molar-refractivity contribution in [2.45, 2.75) is 51.2 Å². The number of hydrogen-bond donors (Lipinski definition) is 1. The Kier molecular flexibility index (Phi) is 5.25. The summed E-state index contributed by atoms with van der Waals surface area (Å²) in [5.74, 6) is 0. The first kappa shape index (κ1) is 14.8. The van der Waals surface area contributed by atoms with Gasteiger partial charge in [-0.05, 0) is 40.0 Å². The van der Waals surface area contributed by atoms with E-state index >= 15 is 0 Å². The molecule has 0 aromatic heterocycles. The Balaban J connectivity index is 2.52. The number of alkyl carbamates (subject to hydrolysis) is 1. The van der Waals surface area contributed by atoms with E-state index in [4.69, 9.17) is 9.47 Å². The fraction of sp³-hybridized carbons (Fsp3) is 0.917. The van der Waals surface area contributed by atoms with Gasteiger partial charge in [0.1, 0.15) is 5.60 Å². The molecule has 1 atom stereocenters. The van der Waals surface area contributed by atoms with Gasteiger partial charge >= 0.3 is 6.09 Å². The van der Waals surface area contributed by atoms with Crippen LogP contribution in [0.4, 0.5) is 4.79 Å². The Morgan fingerprint density at radius 1 is 1.53 bits per heavy atom. The van der Waals surface area contributed by atoms with Crippen LogP contribution in [0.1, 0.15) is 40.0 Å². The lowest BCUT2D eigenvalue weighted by Gasteiger charge is -2.30. The van der Waals surface area contributed by atoms with E-state index in [-0.39, 0.29) is 11.6 Å². The average molecular weight is 308 g/mol. The quantitative estimate of drug-likeness (QED) is 0.812. The highest BCUT2D eigenvalue weighted by Crippen LogP contribution is 2.25. The Bertz CT molecular complexity index is 257. The molecule has 0 spiro atoms. The van der Waals surface area contributed by atoms with Crippen LogP contribution >= 0.6 is 15.9 Å². The summed E-state index contributed by atoms with van der Waals surface area (Å²) in [6.45, 7) is 6.88. The first-order chi connectivity index (χ1) is 7.87. The van der Waals surface area contributed by atoms with Crippen molar-refractivity contribution in [1.29, 1.82) is 0 Å². The summed E-state index contributed by atoms with van der Waals surface area (Å²) >= 11 is 3.41. The minimum Gasteiger partial charge on any atom is -0.444 e. The summed E-state index contributed by atoms with van der Waals surface area (Å²) in [7, 11) is 0. The van der Waals surface area contributed by atoms with Crippen molar-refractivity contribution >= 4 is 22.0 Å². The fourth-order valence-corrected chi connectivity index (χ4v) is 2.17. The van der Waals surface area contributed by atoms with E-state index in [2.05, 4.69) is 21.2 Å². The molecule has 17 heavy (non-hydrogen) atoms. The van der Waals surface area contributed by atoms with Crippen molar-refractivity contribution in [1.82, 2.24) is 5.32 Å². The van der Waals surface area contributed by atoms with E-state index in [1.165, 1.54) is 0 Å². The molecular weight excluding hydrogens is 286 g/mol. The highest BCUT2D eigenvalue weighted by atomic mass is 79.9. The van der Waals surface area contributed by atoms with Gasteiger partial charge in [0.25, 0.3) is 0 Å². The van der Waals surface area contributed by atoms with Crippen LogP contribution in [0.25, 0.3) is 0 Å². The lowest BCUT2D eigenvalue weighted by atomic mass is 9.93. The molecule has 1 fully saturated rings. The molecule has 0 saturated carbocycles. The van der Waals surface area contributed by atoms with Crippen molar-refractivity contribution in [2.75, 3.05) is 18.5 Å². The van der Waals surface area contributed by atoms with Gasteiger partial charge in [0.2, 0.25) is 0 Å². The number of rotatable bonds is 4. The molecule has 100 valence electrons. The molecule has 1 saturated heterocycles. The van der Waals surface area contributed by atoms with Gasteiger partial charge in [0.15, 0.2) is 0 Å². The van der Waals surface area contributed by atoms with E-state index < -0.39 is 5.60 Å². The SMILES string of the molecule is CC(C)(C)OC(=O)NC1(CCCBr)CCOC1. The van der Waals surface area contributed by atoms with Crippen molar-refractivity contribution in [2.24, 2.45) is 0 Å². The molecule has 1 aliphatic rings. The Morgan fingerprint density at radius 3 is 2.71 bits per heavy atom. The predicted molar refractivity (Wildman–Crippen MR) is 70.6 cm³/mol. The second-order valence-electron chi connectivity index (χ2n) is 5.50. The number of halogens is 1. The third kappa shape index (κ3) is 5.25. The molecule has 0 radical (unpaired) electrons. The number of carbonyl (C=O) groups excluding carboxylic acids is 1. The van der Waals surface area contributed by atoms with Crippen LogP contribution in [-0.4, -0.2) is 35.8 Å². The van der Waals surface area contributed by atoms with Crippen LogP contribution in [0, 0.1) is 0 Å². The minimum atomic E-state index is -0.458. The zero-order valence-corrected chi connectivity index (χ0v) is 12.4. The smallest absolute Gasteiger partial charge is 0.408 e. The topological polar surface area (TPSA) is 47.6 Å². The summed E-state index contributed by atoms with van der Waals surface area (Å²) in [5, 5.41) is 3.91. The minimum absolute atomic E-state index is 0.240. The lowest BCUT2D eigenvalue weighted by Crippen LogP contribution is -2.50. The summed E-state index contributed by atoms with van der Waals surface area (Å²) in [6.07, 6.45) is 2.44. The standard InChI is InChI=1S/C12H22BrNO3/c1-11(2,3)17-10(15)14-12(5-4-7-13)6-8-16-9-12/h4-9H2,1-3H3,(H,14,15). The molecule has 1 amide bonds. The van der Waals surface area contributed by atoms with Gasteiger partial charge in [-0.2, -0.15) is 0 Å². The number of carbonyl (C=O) groups is 1. The van der Waals surface area contributed by atoms with E-state index in [0.717, 1.165) is 24.6 Å². The number of alkyl halides is 1. The first-order valence-corrected chi connectivity index (χ1v) is 7.14. The molecule has 0 aliphatic carbocycles. The van der Waals surface area contributed by atoms with Crippen molar-refractivity contribution in [3.05, 3.63) is 0 Å². The summed E-state index contributed by atoms with van der Waals surface area (Å²) < 4.78 is 10.7. The van der Waals surface area contributed by atoms with Gasteiger partial charge in [-0.15, -0.1) is 0 Å². The summed E-state index contributed by atoms with van der Waals surface area (Å²) in [5.41, 5.74) is -0.698. The maximum Gasteiger partial charge on any atom is 0.408 e. The fourth-order valence-electron chi connectivity index (χ4n) is 1.89. The van der Waals surface area contributed by atoms with E-state index in [9.17, 15) is 4.79 Å². The molecule has 1 aliphatic heterocycles. The second kappa shape index (κ2) is 6.05. The second-order valence-corrected chi connectivity index (χ2v) is 6.30. The highest BCUT2D eigenvalue weighted by Gasteiger charge is 2.37. The Hall–Kier alpha value is -0.290. The highest BCUT2D eigenvalue weighted by molar-refractivity contribution is 9.09. The van der Waals surface area contributed by atoms with E-state index in [1.54, 1.807) is 0 Å². The number of hydrogen-bond acceptors (Lipinski definition) is 3. The largest absolute Gasteiger partial charge is 0.444 e. The number of amides is 1. The molecule has 1 N–H and O–H groups in total. The predicted octanol–water partition coefficient (Wildman–Crippen LogP) is 2.85.